The maximum Gasteiger partial charge on any atom is 0.271 e. The predicted octanol–water partition coefficient (Wildman–Crippen LogP) is 3.58. The van der Waals surface area contributed by atoms with Crippen LogP contribution in [0.3, 0.4) is 0 Å². The number of hydrogen-bond donors (Lipinski definition) is 1. The largest absolute Gasteiger partial charge is 0.457 e. The minimum atomic E-state index is -0.287. The highest BCUT2D eigenvalue weighted by Crippen LogP contribution is 2.31. The Morgan fingerprint density at radius 2 is 2.04 bits per heavy atom. The molecular formula is C18H14N4O2S. The first-order valence-electron chi connectivity index (χ1n) is 7.70. The van der Waals surface area contributed by atoms with Gasteiger partial charge in [-0.25, -0.2) is 9.97 Å². The van der Waals surface area contributed by atoms with Crippen molar-refractivity contribution in [1.29, 1.82) is 0 Å². The summed E-state index contributed by atoms with van der Waals surface area (Å²) in [7, 11) is 0. The van der Waals surface area contributed by atoms with Gasteiger partial charge in [-0.2, -0.15) is 0 Å². The quantitative estimate of drug-likeness (QED) is 0.608. The zero-order valence-electron chi connectivity index (χ0n) is 13.4. The van der Waals surface area contributed by atoms with Crippen LogP contribution < -0.4 is 5.32 Å². The van der Waals surface area contributed by atoms with Crippen LogP contribution in [0.4, 0.5) is 0 Å². The van der Waals surface area contributed by atoms with Gasteiger partial charge in [-0.15, -0.1) is 11.3 Å². The lowest BCUT2D eigenvalue weighted by Crippen LogP contribution is -2.23. The molecule has 1 amide bonds. The molecule has 0 saturated carbocycles. The van der Waals surface area contributed by atoms with E-state index in [1.165, 1.54) is 6.20 Å². The molecule has 0 aliphatic heterocycles. The third-order valence-electron chi connectivity index (χ3n) is 3.60. The number of hydrogen-bond acceptors (Lipinski definition) is 6. The maximum atomic E-state index is 12.1. The van der Waals surface area contributed by atoms with Crippen LogP contribution in [0.15, 0.2) is 53.2 Å². The van der Waals surface area contributed by atoms with Crippen LogP contribution in [-0.2, 0) is 6.54 Å². The van der Waals surface area contributed by atoms with E-state index >= 15 is 0 Å². The Morgan fingerprint density at radius 1 is 1.16 bits per heavy atom. The zero-order valence-corrected chi connectivity index (χ0v) is 14.2. The van der Waals surface area contributed by atoms with Crippen molar-refractivity contribution in [2.24, 2.45) is 0 Å². The summed E-state index contributed by atoms with van der Waals surface area (Å²) in [5.41, 5.74) is 2.00. The lowest BCUT2D eigenvalue weighted by atomic mass is 10.3. The second-order valence-electron chi connectivity index (χ2n) is 5.48. The standard InChI is InChI=1S/C18H14N4O2S/c1-11-8-20-14(10-19-11)17(23)21-9-12-6-7-15(24-12)18-22-13-4-2-3-5-16(13)25-18/h2-8,10H,9H2,1H3,(H,21,23). The van der Waals surface area contributed by atoms with Crippen LogP contribution in [-0.4, -0.2) is 20.9 Å². The van der Waals surface area contributed by atoms with E-state index in [0.29, 0.717) is 11.5 Å². The summed E-state index contributed by atoms with van der Waals surface area (Å²) in [6, 6.07) is 11.7. The number of benzene rings is 1. The molecule has 0 aliphatic rings. The maximum absolute atomic E-state index is 12.1. The molecule has 3 aromatic heterocycles. The lowest BCUT2D eigenvalue weighted by molar-refractivity contribution is 0.0942. The Morgan fingerprint density at radius 3 is 2.84 bits per heavy atom. The molecule has 0 atom stereocenters. The minimum absolute atomic E-state index is 0.277. The monoisotopic (exact) mass is 350 g/mol. The van der Waals surface area contributed by atoms with Crippen molar-refractivity contribution in [1.82, 2.24) is 20.3 Å². The summed E-state index contributed by atoms with van der Waals surface area (Å²) >= 11 is 1.58. The molecule has 124 valence electrons. The molecule has 25 heavy (non-hydrogen) atoms. The van der Waals surface area contributed by atoms with Crippen LogP contribution >= 0.6 is 11.3 Å². The molecule has 6 nitrogen and oxygen atoms in total. The van der Waals surface area contributed by atoms with Gasteiger partial charge in [0.15, 0.2) is 10.8 Å². The van der Waals surface area contributed by atoms with E-state index < -0.39 is 0 Å². The van der Waals surface area contributed by atoms with Gasteiger partial charge in [0, 0.05) is 6.20 Å². The highest BCUT2D eigenvalue weighted by molar-refractivity contribution is 7.21. The Bertz CT molecular complexity index is 1000. The second kappa shape index (κ2) is 6.45. The van der Waals surface area contributed by atoms with Gasteiger partial charge in [0.25, 0.3) is 5.91 Å². The molecule has 0 spiro atoms. The van der Waals surface area contributed by atoms with E-state index in [1.807, 2.05) is 43.3 Å². The number of thiazole rings is 1. The normalized spacial score (nSPS) is 10.9. The lowest BCUT2D eigenvalue weighted by Gasteiger charge is -2.02. The second-order valence-corrected chi connectivity index (χ2v) is 6.51. The number of nitrogens with one attached hydrogen (secondary N) is 1. The van der Waals surface area contributed by atoms with Crippen molar-refractivity contribution in [3.05, 3.63) is 65.9 Å². The molecule has 7 heteroatoms. The Hall–Kier alpha value is -3.06. The topological polar surface area (TPSA) is 80.9 Å². The summed E-state index contributed by atoms with van der Waals surface area (Å²) in [6.07, 6.45) is 3.02. The number of nitrogens with zero attached hydrogens (tertiary/aromatic N) is 3. The number of para-hydroxylation sites is 1. The van der Waals surface area contributed by atoms with Crippen LogP contribution in [0.2, 0.25) is 0 Å². The summed E-state index contributed by atoms with van der Waals surface area (Å²) in [5.74, 6) is 1.06. The molecule has 0 saturated heterocycles. The first-order valence-corrected chi connectivity index (χ1v) is 8.52. The number of carbonyl (C=O) groups excluding carboxylic acids is 1. The van der Waals surface area contributed by atoms with Gasteiger partial charge in [-0.1, -0.05) is 12.1 Å². The fourth-order valence-electron chi connectivity index (χ4n) is 2.33. The van der Waals surface area contributed by atoms with Crippen molar-refractivity contribution in [3.8, 4) is 10.8 Å². The van der Waals surface area contributed by atoms with Crippen molar-refractivity contribution in [2.45, 2.75) is 13.5 Å². The minimum Gasteiger partial charge on any atom is -0.457 e. The van der Waals surface area contributed by atoms with Gasteiger partial charge in [-0.05, 0) is 31.2 Å². The van der Waals surface area contributed by atoms with E-state index in [1.54, 1.807) is 17.5 Å². The smallest absolute Gasteiger partial charge is 0.271 e. The third-order valence-corrected chi connectivity index (χ3v) is 4.65. The number of furan rings is 1. The average molecular weight is 350 g/mol. The van der Waals surface area contributed by atoms with E-state index in [2.05, 4.69) is 20.3 Å². The average Bonchev–Trinajstić information content (AvgIpc) is 3.26. The van der Waals surface area contributed by atoms with Crippen LogP contribution in [0.5, 0.6) is 0 Å². The number of aromatic nitrogens is 3. The molecule has 3 heterocycles. The first kappa shape index (κ1) is 15.5. The van der Waals surface area contributed by atoms with Crippen LogP contribution in [0, 0.1) is 6.92 Å². The first-order chi connectivity index (χ1) is 12.2. The number of amides is 1. The molecular weight excluding hydrogens is 336 g/mol. The van der Waals surface area contributed by atoms with Crippen LogP contribution in [0.1, 0.15) is 21.9 Å². The predicted molar refractivity (Wildman–Crippen MR) is 95.3 cm³/mol. The highest BCUT2D eigenvalue weighted by Gasteiger charge is 2.12. The molecule has 0 bridgehead atoms. The van der Waals surface area contributed by atoms with Crippen molar-refractivity contribution in [3.63, 3.8) is 0 Å². The molecule has 1 N–H and O–H groups in total. The molecule has 4 aromatic rings. The molecule has 0 aliphatic carbocycles. The van der Waals surface area contributed by atoms with E-state index in [4.69, 9.17) is 4.42 Å². The van der Waals surface area contributed by atoms with Gasteiger partial charge in [0.05, 0.1) is 28.7 Å². The van der Waals surface area contributed by atoms with E-state index in [-0.39, 0.29) is 18.1 Å². The fraction of sp³-hybridized carbons (Fsp3) is 0.111. The number of aryl methyl sites for hydroxylation is 1. The van der Waals surface area contributed by atoms with E-state index in [9.17, 15) is 4.79 Å². The number of rotatable bonds is 4. The number of fused-ring (bicyclic) bond motifs is 1. The summed E-state index contributed by atoms with van der Waals surface area (Å²) in [4.78, 5) is 24.7. The van der Waals surface area contributed by atoms with Crippen LogP contribution in [0.25, 0.3) is 21.0 Å². The van der Waals surface area contributed by atoms with Crippen molar-refractivity contribution >= 4 is 27.5 Å². The third kappa shape index (κ3) is 3.27. The van der Waals surface area contributed by atoms with Gasteiger partial charge in [0.2, 0.25) is 0 Å². The Kier molecular flexibility index (Phi) is 3.99. The van der Waals surface area contributed by atoms with Crippen molar-refractivity contribution < 1.29 is 9.21 Å². The van der Waals surface area contributed by atoms with Gasteiger partial charge < -0.3 is 9.73 Å². The SMILES string of the molecule is Cc1cnc(C(=O)NCc2ccc(-c3nc4ccccc4s3)o2)cn1. The summed E-state index contributed by atoms with van der Waals surface area (Å²) in [5, 5.41) is 3.60. The summed E-state index contributed by atoms with van der Waals surface area (Å²) in [6.45, 7) is 2.10. The Balaban J connectivity index is 1.46. The van der Waals surface area contributed by atoms with E-state index in [0.717, 1.165) is 20.9 Å². The molecule has 0 fully saturated rings. The van der Waals surface area contributed by atoms with Gasteiger partial charge >= 0.3 is 0 Å². The fourth-order valence-corrected chi connectivity index (χ4v) is 3.26. The van der Waals surface area contributed by atoms with Gasteiger partial charge in [0.1, 0.15) is 11.5 Å². The molecule has 1 aromatic carbocycles. The summed E-state index contributed by atoms with van der Waals surface area (Å²) < 4.78 is 6.91. The molecule has 0 unspecified atom stereocenters. The number of carbonyl (C=O) groups is 1. The highest BCUT2D eigenvalue weighted by atomic mass is 32.1. The van der Waals surface area contributed by atoms with Gasteiger partial charge in [-0.3, -0.25) is 9.78 Å². The molecule has 0 radical (unpaired) electrons. The zero-order chi connectivity index (χ0) is 17.2. The van der Waals surface area contributed by atoms with Crippen molar-refractivity contribution in [2.75, 3.05) is 0 Å². The Labute approximate surface area is 147 Å². The molecule has 4 rings (SSSR count).